The summed E-state index contributed by atoms with van der Waals surface area (Å²) in [5.41, 5.74) is 5.98. The van der Waals surface area contributed by atoms with Crippen LogP contribution in [0.4, 0.5) is 0 Å². The van der Waals surface area contributed by atoms with Crippen LogP contribution in [0.15, 0.2) is 37.1 Å². The normalized spacial score (nSPS) is 12.0. The fourth-order valence-corrected chi connectivity index (χ4v) is 1.81. The summed E-state index contributed by atoms with van der Waals surface area (Å²) in [6.45, 7) is 3.59. The van der Waals surface area contributed by atoms with E-state index in [1.807, 2.05) is 6.07 Å². The van der Waals surface area contributed by atoms with E-state index in [2.05, 4.69) is 11.6 Å². The lowest BCUT2D eigenvalue weighted by Gasteiger charge is -2.10. The third-order valence-electron chi connectivity index (χ3n) is 1.60. The number of pyridine rings is 1. The highest BCUT2D eigenvalue weighted by Crippen LogP contribution is 2.26. The number of amides is 1. The zero-order valence-electron chi connectivity index (χ0n) is 7.72. The Bertz CT molecular complexity index is 313. The number of nitrogens with two attached hydrogens (primary N) is 1. The Morgan fingerprint density at radius 1 is 1.71 bits per heavy atom. The van der Waals surface area contributed by atoms with Crippen molar-refractivity contribution in [1.29, 1.82) is 0 Å². The van der Waals surface area contributed by atoms with Crippen molar-refractivity contribution in [3.05, 3.63) is 42.7 Å². The topological polar surface area (TPSA) is 56.0 Å². The smallest absolute Gasteiger partial charge is 0.236 e. The van der Waals surface area contributed by atoms with Crippen LogP contribution in [0.1, 0.15) is 10.9 Å². The molecule has 74 valence electrons. The van der Waals surface area contributed by atoms with Gasteiger partial charge >= 0.3 is 0 Å². The number of aromatic nitrogens is 1. The lowest BCUT2D eigenvalue weighted by atomic mass is 10.2. The monoisotopic (exact) mass is 208 g/mol. The highest BCUT2D eigenvalue weighted by molar-refractivity contribution is 8.00. The molecule has 1 rings (SSSR count). The summed E-state index contributed by atoms with van der Waals surface area (Å²) in [4.78, 5) is 15.2. The van der Waals surface area contributed by atoms with Crippen LogP contribution in [0.2, 0.25) is 0 Å². The van der Waals surface area contributed by atoms with Gasteiger partial charge in [0.1, 0.15) is 5.25 Å². The van der Waals surface area contributed by atoms with Gasteiger partial charge in [-0.3, -0.25) is 9.78 Å². The molecule has 0 saturated heterocycles. The predicted octanol–water partition coefficient (Wildman–Crippen LogP) is 1.53. The Balaban J connectivity index is 2.78. The Morgan fingerprint density at radius 3 is 3.00 bits per heavy atom. The summed E-state index contributed by atoms with van der Waals surface area (Å²) in [6, 6.07) is 5.44. The van der Waals surface area contributed by atoms with Gasteiger partial charge < -0.3 is 5.73 Å². The first-order chi connectivity index (χ1) is 6.75. The van der Waals surface area contributed by atoms with E-state index in [0.717, 1.165) is 0 Å². The summed E-state index contributed by atoms with van der Waals surface area (Å²) in [5, 5.41) is -0.380. The Kier molecular flexibility index (Phi) is 4.19. The van der Waals surface area contributed by atoms with Gasteiger partial charge in [0, 0.05) is 11.9 Å². The number of rotatable bonds is 5. The van der Waals surface area contributed by atoms with E-state index >= 15 is 0 Å². The van der Waals surface area contributed by atoms with Crippen molar-refractivity contribution < 1.29 is 4.79 Å². The third kappa shape index (κ3) is 2.88. The minimum atomic E-state index is -0.380. The van der Waals surface area contributed by atoms with Crippen molar-refractivity contribution >= 4 is 17.7 Å². The average molecular weight is 208 g/mol. The maximum Gasteiger partial charge on any atom is 0.236 e. The molecule has 0 bridgehead atoms. The summed E-state index contributed by atoms with van der Waals surface area (Å²) in [6.07, 6.45) is 3.39. The van der Waals surface area contributed by atoms with Gasteiger partial charge in [0.25, 0.3) is 0 Å². The van der Waals surface area contributed by atoms with Gasteiger partial charge in [-0.05, 0) is 12.1 Å². The van der Waals surface area contributed by atoms with Gasteiger partial charge in [-0.1, -0.05) is 12.1 Å². The van der Waals surface area contributed by atoms with E-state index in [1.165, 1.54) is 11.8 Å². The Hall–Kier alpha value is -1.29. The van der Waals surface area contributed by atoms with E-state index < -0.39 is 0 Å². The highest BCUT2D eigenvalue weighted by atomic mass is 32.2. The molecule has 0 radical (unpaired) electrons. The van der Waals surface area contributed by atoms with E-state index in [4.69, 9.17) is 5.73 Å². The molecular weight excluding hydrogens is 196 g/mol. The first-order valence-electron chi connectivity index (χ1n) is 4.18. The molecule has 0 saturated carbocycles. The number of carbonyl (C=O) groups excluding carboxylic acids is 1. The quantitative estimate of drug-likeness (QED) is 0.746. The SMILES string of the molecule is C=CCSC(C(N)=O)c1ccccn1. The van der Waals surface area contributed by atoms with Crippen molar-refractivity contribution in [3.63, 3.8) is 0 Å². The van der Waals surface area contributed by atoms with Crippen LogP contribution in [0.25, 0.3) is 0 Å². The molecule has 1 unspecified atom stereocenters. The predicted molar refractivity (Wildman–Crippen MR) is 58.8 cm³/mol. The lowest BCUT2D eigenvalue weighted by molar-refractivity contribution is -0.117. The molecule has 1 heterocycles. The molecule has 3 nitrogen and oxygen atoms in total. The number of thioether (sulfide) groups is 1. The second-order valence-electron chi connectivity index (χ2n) is 2.66. The van der Waals surface area contributed by atoms with E-state index in [0.29, 0.717) is 11.4 Å². The van der Waals surface area contributed by atoms with Crippen LogP contribution in [0.3, 0.4) is 0 Å². The maximum atomic E-state index is 11.1. The second kappa shape index (κ2) is 5.44. The molecule has 0 fully saturated rings. The average Bonchev–Trinajstić information content (AvgIpc) is 2.19. The van der Waals surface area contributed by atoms with Crippen molar-refractivity contribution in [3.8, 4) is 0 Å². The summed E-state index contributed by atoms with van der Waals surface area (Å²) in [7, 11) is 0. The van der Waals surface area contributed by atoms with E-state index in [1.54, 1.807) is 24.4 Å². The van der Waals surface area contributed by atoms with Crippen molar-refractivity contribution in [2.75, 3.05) is 5.75 Å². The molecule has 4 heteroatoms. The highest BCUT2D eigenvalue weighted by Gasteiger charge is 2.18. The van der Waals surface area contributed by atoms with Crippen LogP contribution in [0, 0.1) is 0 Å². The standard InChI is InChI=1S/C10H12N2OS/c1-2-7-14-9(10(11)13)8-5-3-4-6-12-8/h2-6,9H,1,7H2,(H2,11,13). The van der Waals surface area contributed by atoms with Gasteiger partial charge in [-0.2, -0.15) is 0 Å². The Labute approximate surface area is 87.4 Å². The van der Waals surface area contributed by atoms with Crippen LogP contribution in [-0.2, 0) is 4.79 Å². The van der Waals surface area contributed by atoms with E-state index in [-0.39, 0.29) is 11.2 Å². The van der Waals surface area contributed by atoms with Gasteiger partial charge in [-0.25, -0.2) is 0 Å². The molecule has 0 aliphatic rings. The molecule has 1 amide bonds. The largest absolute Gasteiger partial charge is 0.368 e. The van der Waals surface area contributed by atoms with Crippen LogP contribution in [-0.4, -0.2) is 16.6 Å². The number of hydrogen-bond acceptors (Lipinski definition) is 3. The molecule has 0 aromatic carbocycles. The summed E-state index contributed by atoms with van der Waals surface area (Å²) < 4.78 is 0. The number of carbonyl (C=O) groups is 1. The van der Waals surface area contributed by atoms with Gasteiger partial charge in [0.05, 0.1) is 5.69 Å². The van der Waals surface area contributed by atoms with Crippen molar-refractivity contribution in [2.45, 2.75) is 5.25 Å². The number of nitrogens with zero attached hydrogens (tertiary/aromatic N) is 1. The molecule has 2 N–H and O–H groups in total. The molecule has 0 aliphatic heterocycles. The first-order valence-corrected chi connectivity index (χ1v) is 5.23. The fraction of sp³-hybridized carbons (Fsp3) is 0.200. The van der Waals surface area contributed by atoms with Gasteiger partial charge in [-0.15, -0.1) is 18.3 Å². The molecule has 0 spiro atoms. The molecule has 0 aliphatic carbocycles. The van der Waals surface area contributed by atoms with Gasteiger partial charge in [0.2, 0.25) is 5.91 Å². The van der Waals surface area contributed by atoms with Crippen molar-refractivity contribution in [2.24, 2.45) is 5.73 Å². The summed E-state index contributed by atoms with van der Waals surface area (Å²) in [5.74, 6) is 0.319. The first kappa shape index (κ1) is 10.8. The number of hydrogen-bond donors (Lipinski definition) is 1. The maximum absolute atomic E-state index is 11.1. The van der Waals surface area contributed by atoms with Crippen LogP contribution < -0.4 is 5.73 Å². The molecule has 14 heavy (non-hydrogen) atoms. The third-order valence-corrected chi connectivity index (χ3v) is 2.83. The summed E-state index contributed by atoms with van der Waals surface area (Å²) >= 11 is 1.43. The molecule has 1 aromatic heterocycles. The molecule has 1 atom stereocenters. The van der Waals surface area contributed by atoms with E-state index in [9.17, 15) is 4.79 Å². The zero-order valence-corrected chi connectivity index (χ0v) is 8.54. The zero-order chi connectivity index (χ0) is 10.4. The second-order valence-corrected chi connectivity index (χ2v) is 3.80. The van der Waals surface area contributed by atoms with Crippen LogP contribution >= 0.6 is 11.8 Å². The minimum absolute atomic E-state index is 0.365. The lowest BCUT2D eigenvalue weighted by Crippen LogP contribution is -2.19. The molecule has 1 aromatic rings. The van der Waals surface area contributed by atoms with Gasteiger partial charge in [0.15, 0.2) is 0 Å². The van der Waals surface area contributed by atoms with Crippen LogP contribution in [0.5, 0.6) is 0 Å². The fourth-order valence-electron chi connectivity index (χ4n) is 1.01. The Morgan fingerprint density at radius 2 is 2.50 bits per heavy atom. The minimum Gasteiger partial charge on any atom is -0.368 e. The molecular formula is C10H12N2OS. The number of primary amides is 1. The van der Waals surface area contributed by atoms with Crippen molar-refractivity contribution in [1.82, 2.24) is 4.98 Å².